The summed E-state index contributed by atoms with van der Waals surface area (Å²) >= 11 is 0. The van der Waals surface area contributed by atoms with E-state index in [4.69, 9.17) is 4.74 Å². The van der Waals surface area contributed by atoms with E-state index >= 15 is 0 Å². The number of rotatable bonds is 3. The standard InChI is InChI=1S/C16H22N4O2/c1-4-22-16(21)12-5-7-20(8-6-12)15-13-9-10(2)17-14(13)18-11(3)19-15/h9,12H,4-8H2,1-3H3,(H,17,18,19). The molecule has 1 fully saturated rings. The highest BCUT2D eigenvalue weighted by atomic mass is 16.5. The summed E-state index contributed by atoms with van der Waals surface area (Å²) < 4.78 is 5.13. The van der Waals surface area contributed by atoms with Gasteiger partial charge < -0.3 is 14.6 Å². The van der Waals surface area contributed by atoms with Gasteiger partial charge in [-0.1, -0.05) is 0 Å². The third kappa shape index (κ3) is 2.77. The first-order valence-electron chi connectivity index (χ1n) is 7.84. The number of hydrogen-bond donors (Lipinski definition) is 1. The van der Waals surface area contributed by atoms with Crippen LogP contribution in [0.3, 0.4) is 0 Å². The molecule has 1 aliphatic rings. The van der Waals surface area contributed by atoms with Crippen LogP contribution in [0.15, 0.2) is 6.07 Å². The molecule has 0 aromatic carbocycles. The smallest absolute Gasteiger partial charge is 0.309 e. The van der Waals surface area contributed by atoms with Gasteiger partial charge in [-0.15, -0.1) is 0 Å². The first-order valence-corrected chi connectivity index (χ1v) is 7.84. The number of carbonyl (C=O) groups is 1. The summed E-state index contributed by atoms with van der Waals surface area (Å²) in [6.07, 6.45) is 1.62. The van der Waals surface area contributed by atoms with Gasteiger partial charge in [-0.25, -0.2) is 9.97 Å². The van der Waals surface area contributed by atoms with Crippen molar-refractivity contribution < 1.29 is 9.53 Å². The van der Waals surface area contributed by atoms with Crippen molar-refractivity contribution in [3.63, 3.8) is 0 Å². The first kappa shape index (κ1) is 14.8. The fourth-order valence-corrected chi connectivity index (χ4v) is 3.06. The van der Waals surface area contributed by atoms with Gasteiger partial charge in [0.1, 0.15) is 17.3 Å². The van der Waals surface area contributed by atoms with Gasteiger partial charge in [0.2, 0.25) is 0 Å². The van der Waals surface area contributed by atoms with Gasteiger partial charge in [0.15, 0.2) is 0 Å². The minimum atomic E-state index is -0.0661. The molecule has 0 bridgehead atoms. The number of aryl methyl sites for hydroxylation is 2. The number of hydrogen-bond acceptors (Lipinski definition) is 5. The molecule has 0 aliphatic carbocycles. The summed E-state index contributed by atoms with van der Waals surface area (Å²) in [5.41, 5.74) is 1.96. The van der Waals surface area contributed by atoms with Gasteiger partial charge >= 0.3 is 5.97 Å². The van der Waals surface area contributed by atoms with Crippen molar-refractivity contribution >= 4 is 22.8 Å². The highest BCUT2D eigenvalue weighted by molar-refractivity contribution is 5.88. The molecular weight excluding hydrogens is 280 g/mol. The van der Waals surface area contributed by atoms with Gasteiger partial charge in [0, 0.05) is 18.8 Å². The van der Waals surface area contributed by atoms with E-state index in [1.165, 1.54) is 0 Å². The van der Waals surface area contributed by atoms with E-state index in [1.54, 1.807) is 0 Å². The molecule has 0 amide bonds. The quantitative estimate of drug-likeness (QED) is 0.881. The highest BCUT2D eigenvalue weighted by Crippen LogP contribution is 2.29. The van der Waals surface area contributed by atoms with Crippen LogP contribution in [0.1, 0.15) is 31.3 Å². The Morgan fingerprint density at radius 2 is 2.09 bits per heavy atom. The predicted octanol–water partition coefficient (Wildman–Crippen LogP) is 2.35. The van der Waals surface area contributed by atoms with Crippen LogP contribution in [-0.2, 0) is 9.53 Å². The molecule has 2 aromatic rings. The molecule has 1 saturated heterocycles. The van der Waals surface area contributed by atoms with Crippen molar-refractivity contribution in [3.05, 3.63) is 17.6 Å². The van der Waals surface area contributed by atoms with Crippen molar-refractivity contribution in [1.82, 2.24) is 15.0 Å². The zero-order valence-electron chi connectivity index (χ0n) is 13.3. The molecule has 3 rings (SSSR count). The number of esters is 1. The molecule has 1 N–H and O–H groups in total. The summed E-state index contributed by atoms with van der Waals surface area (Å²) in [5, 5.41) is 1.05. The van der Waals surface area contributed by atoms with E-state index < -0.39 is 0 Å². The van der Waals surface area contributed by atoms with Crippen LogP contribution in [0, 0.1) is 19.8 Å². The molecule has 1 aliphatic heterocycles. The monoisotopic (exact) mass is 302 g/mol. The number of H-pyrrole nitrogens is 1. The second-order valence-corrected chi connectivity index (χ2v) is 5.82. The molecule has 118 valence electrons. The second-order valence-electron chi connectivity index (χ2n) is 5.82. The lowest BCUT2D eigenvalue weighted by molar-refractivity contribution is -0.148. The Balaban J connectivity index is 1.80. The van der Waals surface area contributed by atoms with Crippen LogP contribution in [0.25, 0.3) is 11.0 Å². The highest BCUT2D eigenvalue weighted by Gasteiger charge is 2.27. The van der Waals surface area contributed by atoms with Gasteiger partial charge in [-0.2, -0.15) is 0 Å². The summed E-state index contributed by atoms with van der Waals surface area (Å²) in [4.78, 5) is 26.4. The van der Waals surface area contributed by atoms with Gasteiger partial charge in [-0.05, 0) is 39.7 Å². The van der Waals surface area contributed by atoms with E-state index in [0.29, 0.717) is 6.61 Å². The van der Waals surface area contributed by atoms with Crippen molar-refractivity contribution in [3.8, 4) is 0 Å². The van der Waals surface area contributed by atoms with Gasteiger partial charge in [0.05, 0.1) is 17.9 Å². The largest absolute Gasteiger partial charge is 0.466 e. The average molecular weight is 302 g/mol. The van der Waals surface area contributed by atoms with Crippen LogP contribution >= 0.6 is 0 Å². The molecule has 0 atom stereocenters. The Kier molecular flexibility index (Phi) is 4.00. The zero-order chi connectivity index (χ0) is 15.7. The average Bonchev–Trinajstić information content (AvgIpc) is 2.87. The molecule has 22 heavy (non-hydrogen) atoms. The van der Waals surface area contributed by atoms with E-state index in [0.717, 1.165) is 54.3 Å². The molecular formula is C16H22N4O2. The van der Waals surface area contributed by atoms with Crippen molar-refractivity contribution in [2.45, 2.75) is 33.6 Å². The zero-order valence-corrected chi connectivity index (χ0v) is 13.3. The number of aromatic nitrogens is 3. The number of piperidine rings is 1. The lowest BCUT2D eigenvalue weighted by atomic mass is 9.97. The molecule has 0 unspecified atom stereocenters. The Hall–Kier alpha value is -2.11. The fourth-order valence-electron chi connectivity index (χ4n) is 3.06. The number of ether oxygens (including phenoxy) is 1. The Bertz CT molecular complexity index is 687. The van der Waals surface area contributed by atoms with Gasteiger partial charge in [-0.3, -0.25) is 4.79 Å². The molecule has 0 radical (unpaired) electrons. The van der Waals surface area contributed by atoms with E-state index in [2.05, 4.69) is 25.9 Å². The topological polar surface area (TPSA) is 71.1 Å². The number of fused-ring (bicyclic) bond motifs is 1. The Morgan fingerprint density at radius 3 is 2.77 bits per heavy atom. The van der Waals surface area contributed by atoms with Crippen molar-refractivity contribution in [1.29, 1.82) is 0 Å². The van der Waals surface area contributed by atoms with Crippen LogP contribution in [0.5, 0.6) is 0 Å². The minimum Gasteiger partial charge on any atom is -0.466 e. The van der Waals surface area contributed by atoms with E-state index in [1.807, 2.05) is 20.8 Å². The first-order chi connectivity index (χ1) is 10.6. The fraction of sp³-hybridized carbons (Fsp3) is 0.562. The third-order valence-corrected chi connectivity index (χ3v) is 4.13. The predicted molar refractivity (Wildman–Crippen MR) is 84.9 cm³/mol. The molecule has 6 nitrogen and oxygen atoms in total. The molecule has 2 aromatic heterocycles. The number of carbonyl (C=O) groups excluding carboxylic acids is 1. The number of nitrogens with one attached hydrogen (secondary N) is 1. The maximum absolute atomic E-state index is 11.8. The van der Waals surface area contributed by atoms with Crippen molar-refractivity contribution in [2.75, 3.05) is 24.6 Å². The number of nitrogens with zero attached hydrogens (tertiary/aromatic N) is 3. The summed E-state index contributed by atoms with van der Waals surface area (Å²) in [5.74, 6) is 1.68. The minimum absolute atomic E-state index is 0.0163. The van der Waals surface area contributed by atoms with Crippen LogP contribution in [0.4, 0.5) is 5.82 Å². The SMILES string of the molecule is CCOC(=O)C1CCN(c2nc(C)nc3[nH]c(C)cc23)CC1. The molecule has 0 spiro atoms. The number of aromatic amines is 1. The molecule has 0 saturated carbocycles. The number of anilines is 1. The van der Waals surface area contributed by atoms with Crippen molar-refractivity contribution in [2.24, 2.45) is 5.92 Å². The lowest BCUT2D eigenvalue weighted by Gasteiger charge is -2.32. The maximum atomic E-state index is 11.8. The maximum Gasteiger partial charge on any atom is 0.309 e. The van der Waals surface area contributed by atoms with Crippen LogP contribution in [-0.4, -0.2) is 40.6 Å². The summed E-state index contributed by atoms with van der Waals surface area (Å²) in [6, 6.07) is 2.08. The second kappa shape index (κ2) is 5.94. The summed E-state index contributed by atoms with van der Waals surface area (Å²) in [7, 11) is 0. The van der Waals surface area contributed by atoms with Gasteiger partial charge in [0.25, 0.3) is 0 Å². The normalized spacial score (nSPS) is 16.2. The van der Waals surface area contributed by atoms with E-state index in [9.17, 15) is 4.79 Å². The Morgan fingerprint density at radius 1 is 1.36 bits per heavy atom. The van der Waals surface area contributed by atoms with Crippen LogP contribution < -0.4 is 4.90 Å². The van der Waals surface area contributed by atoms with E-state index in [-0.39, 0.29) is 11.9 Å². The molecule has 6 heteroatoms. The van der Waals surface area contributed by atoms with Crippen LogP contribution in [0.2, 0.25) is 0 Å². The third-order valence-electron chi connectivity index (χ3n) is 4.13. The Labute approximate surface area is 129 Å². The summed E-state index contributed by atoms with van der Waals surface area (Å²) in [6.45, 7) is 7.87. The molecule has 3 heterocycles. The lowest BCUT2D eigenvalue weighted by Crippen LogP contribution is -2.37.